The molecule has 0 bridgehead atoms. The highest BCUT2D eigenvalue weighted by Crippen LogP contribution is 2.38. The van der Waals surface area contributed by atoms with Gasteiger partial charge in [0.05, 0.1) is 34.4 Å². The molecule has 0 aliphatic carbocycles. The van der Waals surface area contributed by atoms with Gasteiger partial charge in [0.15, 0.2) is 0 Å². The zero-order valence-corrected chi connectivity index (χ0v) is 42.2. The standard InChI is InChI=1S/C53H100NO7P/c1-6-8-10-12-14-16-18-20-22-24-26-28-30-32-34-36-38-40-42-44-46-53(55)61-52(51-60-62(56,57)59-49-47-54(3,4)5)50-58-48-45-43-41-39-37-35-33-31-29-27-25-23-21-19-17-15-13-11-9-7-2/h9,11,15,17,21,23,27,29,52H,6-8,10,12-14,16,18-20,22,24-26,28,30-51H2,1-5H3/b11-9-,17-15-,23-21-,29-27-. The molecule has 0 radical (unpaired) electrons. The average Bonchev–Trinajstić information content (AvgIpc) is 3.23. The molecule has 0 saturated heterocycles. The number of hydrogen-bond acceptors (Lipinski definition) is 7. The summed E-state index contributed by atoms with van der Waals surface area (Å²) in [5.74, 6) is -0.335. The molecule has 0 amide bonds. The number of allylic oxidation sites excluding steroid dienone is 8. The Labute approximate surface area is 384 Å². The molecule has 0 saturated carbocycles. The maximum atomic E-state index is 12.8. The Bertz CT molecular complexity index is 1130. The molecule has 2 atom stereocenters. The van der Waals surface area contributed by atoms with E-state index in [0.29, 0.717) is 24.1 Å². The fraction of sp³-hybridized carbons (Fsp3) is 0.830. The van der Waals surface area contributed by atoms with Crippen molar-refractivity contribution in [3.8, 4) is 0 Å². The topological polar surface area (TPSA) is 94.1 Å². The van der Waals surface area contributed by atoms with E-state index < -0.39 is 13.9 Å². The van der Waals surface area contributed by atoms with Crippen molar-refractivity contribution in [1.29, 1.82) is 0 Å². The highest BCUT2D eigenvalue weighted by atomic mass is 31.2. The minimum absolute atomic E-state index is 0.0238. The van der Waals surface area contributed by atoms with Gasteiger partial charge in [-0.1, -0.05) is 217 Å². The first-order valence-corrected chi connectivity index (χ1v) is 27.3. The van der Waals surface area contributed by atoms with E-state index in [0.717, 1.165) is 70.6 Å². The van der Waals surface area contributed by atoms with Gasteiger partial charge < -0.3 is 27.9 Å². The second-order valence-corrected chi connectivity index (χ2v) is 19.9. The Morgan fingerprint density at radius 3 is 1.40 bits per heavy atom. The molecular formula is C53H100NO7P. The number of rotatable bonds is 48. The highest BCUT2D eigenvalue weighted by molar-refractivity contribution is 7.45. The molecule has 0 aliphatic heterocycles. The van der Waals surface area contributed by atoms with Crippen LogP contribution in [0.4, 0.5) is 0 Å². The first-order valence-electron chi connectivity index (χ1n) is 25.9. The van der Waals surface area contributed by atoms with Gasteiger partial charge in [-0.15, -0.1) is 0 Å². The summed E-state index contributed by atoms with van der Waals surface area (Å²) in [4.78, 5) is 25.2. The van der Waals surface area contributed by atoms with E-state index in [9.17, 15) is 14.3 Å². The number of quaternary nitrogens is 1. The molecule has 364 valence electrons. The smallest absolute Gasteiger partial charge is 0.306 e. The molecule has 0 N–H and O–H groups in total. The van der Waals surface area contributed by atoms with Crippen LogP contribution in [0.15, 0.2) is 48.6 Å². The van der Waals surface area contributed by atoms with Crippen LogP contribution >= 0.6 is 7.82 Å². The molecular weight excluding hydrogens is 794 g/mol. The molecule has 9 heteroatoms. The van der Waals surface area contributed by atoms with Crippen LogP contribution in [-0.4, -0.2) is 70.7 Å². The van der Waals surface area contributed by atoms with Gasteiger partial charge in [-0.05, 0) is 51.4 Å². The molecule has 0 aromatic carbocycles. The van der Waals surface area contributed by atoms with Gasteiger partial charge in [-0.2, -0.15) is 0 Å². The number of likely N-dealkylation sites (N-methyl/N-ethyl adjacent to an activating group) is 1. The van der Waals surface area contributed by atoms with Crippen LogP contribution in [0.2, 0.25) is 0 Å². The summed E-state index contributed by atoms with van der Waals surface area (Å²) in [5.41, 5.74) is 0. The van der Waals surface area contributed by atoms with Crippen molar-refractivity contribution in [3.63, 3.8) is 0 Å². The summed E-state index contributed by atoms with van der Waals surface area (Å²) in [7, 11) is 1.35. The van der Waals surface area contributed by atoms with Crippen LogP contribution in [0.1, 0.15) is 226 Å². The van der Waals surface area contributed by atoms with Crippen LogP contribution in [0.3, 0.4) is 0 Å². The van der Waals surface area contributed by atoms with E-state index in [1.165, 1.54) is 135 Å². The van der Waals surface area contributed by atoms with E-state index in [1.54, 1.807) is 0 Å². The van der Waals surface area contributed by atoms with Crippen molar-refractivity contribution in [1.82, 2.24) is 0 Å². The monoisotopic (exact) mass is 894 g/mol. The number of nitrogens with zero attached hydrogens (tertiary/aromatic N) is 1. The average molecular weight is 894 g/mol. The normalized spacial score (nSPS) is 14.0. The van der Waals surface area contributed by atoms with Crippen molar-refractivity contribution in [2.45, 2.75) is 232 Å². The number of unbranched alkanes of at least 4 members (excludes halogenated alkanes) is 26. The lowest BCUT2D eigenvalue weighted by Gasteiger charge is -2.28. The number of carbonyl (C=O) groups is 1. The van der Waals surface area contributed by atoms with Crippen LogP contribution in [-0.2, 0) is 27.9 Å². The van der Waals surface area contributed by atoms with E-state index in [-0.39, 0.29) is 25.8 Å². The Kier molecular flexibility index (Phi) is 44.9. The number of phosphoric ester groups is 1. The van der Waals surface area contributed by atoms with E-state index in [2.05, 4.69) is 62.5 Å². The number of ether oxygens (including phenoxy) is 2. The van der Waals surface area contributed by atoms with Crippen LogP contribution in [0.25, 0.3) is 0 Å². The van der Waals surface area contributed by atoms with Gasteiger partial charge in [0, 0.05) is 13.0 Å². The first kappa shape index (κ1) is 60.5. The Balaban J connectivity index is 4.14. The summed E-state index contributed by atoms with van der Waals surface area (Å²) >= 11 is 0. The van der Waals surface area contributed by atoms with Gasteiger partial charge >= 0.3 is 5.97 Å². The second kappa shape index (κ2) is 46.0. The van der Waals surface area contributed by atoms with Crippen molar-refractivity contribution in [2.75, 3.05) is 54.1 Å². The second-order valence-electron chi connectivity index (χ2n) is 18.5. The van der Waals surface area contributed by atoms with Gasteiger partial charge in [-0.25, -0.2) is 0 Å². The van der Waals surface area contributed by atoms with Crippen molar-refractivity contribution < 1.29 is 37.3 Å². The molecule has 0 aromatic rings. The number of phosphoric acid groups is 1. The number of esters is 1. The molecule has 0 heterocycles. The molecule has 0 fully saturated rings. The number of hydrogen-bond donors (Lipinski definition) is 0. The molecule has 2 unspecified atom stereocenters. The fourth-order valence-electron chi connectivity index (χ4n) is 7.19. The molecule has 62 heavy (non-hydrogen) atoms. The number of carbonyl (C=O) groups excluding carboxylic acids is 1. The largest absolute Gasteiger partial charge is 0.756 e. The third-order valence-corrected chi connectivity index (χ3v) is 12.1. The van der Waals surface area contributed by atoms with Crippen LogP contribution < -0.4 is 4.89 Å². The summed E-state index contributed by atoms with van der Waals surface area (Å²) in [6.45, 7) is 5.31. The van der Waals surface area contributed by atoms with Gasteiger partial charge in [0.2, 0.25) is 0 Å². The van der Waals surface area contributed by atoms with Crippen molar-refractivity contribution in [3.05, 3.63) is 48.6 Å². The minimum atomic E-state index is -4.53. The SMILES string of the molecule is CC/C=C\C/C=C\C/C=C\C/C=C\CCCCCCCCCOCC(COP(=O)([O-])OCC[N+](C)(C)C)OC(=O)CCCCCCCCCCCCCCCCCCCCCC. The van der Waals surface area contributed by atoms with Gasteiger partial charge in [0.25, 0.3) is 7.82 Å². The summed E-state index contributed by atoms with van der Waals surface area (Å²) in [6.07, 6.45) is 57.0. The van der Waals surface area contributed by atoms with Gasteiger partial charge in [0.1, 0.15) is 19.3 Å². The molecule has 8 nitrogen and oxygen atoms in total. The van der Waals surface area contributed by atoms with E-state index in [1.807, 2.05) is 21.1 Å². The maximum Gasteiger partial charge on any atom is 0.306 e. The van der Waals surface area contributed by atoms with Crippen LogP contribution in [0, 0.1) is 0 Å². The van der Waals surface area contributed by atoms with Crippen molar-refractivity contribution in [2.24, 2.45) is 0 Å². The molecule has 0 aromatic heterocycles. The van der Waals surface area contributed by atoms with E-state index >= 15 is 0 Å². The summed E-state index contributed by atoms with van der Waals surface area (Å²) < 4.78 is 34.8. The Hall–Kier alpha value is -1.54. The zero-order valence-electron chi connectivity index (χ0n) is 41.3. The lowest BCUT2D eigenvalue weighted by Crippen LogP contribution is -2.37. The third kappa shape index (κ3) is 49.5. The molecule has 0 aliphatic rings. The summed E-state index contributed by atoms with van der Waals surface area (Å²) in [5, 5.41) is 0. The lowest BCUT2D eigenvalue weighted by atomic mass is 10.0. The minimum Gasteiger partial charge on any atom is -0.756 e. The first-order chi connectivity index (χ1) is 30.1. The fourth-order valence-corrected chi connectivity index (χ4v) is 7.91. The highest BCUT2D eigenvalue weighted by Gasteiger charge is 2.20. The van der Waals surface area contributed by atoms with E-state index in [4.69, 9.17) is 18.5 Å². The Morgan fingerprint density at radius 2 is 0.935 bits per heavy atom. The predicted octanol–water partition coefficient (Wildman–Crippen LogP) is 15.3. The van der Waals surface area contributed by atoms with Gasteiger partial charge in [-0.3, -0.25) is 9.36 Å². The van der Waals surface area contributed by atoms with Crippen molar-refractivity contribution >= 4 is 13.8 Å². The quantitative estimate of drug-likeness (QED) is 0.0197. The summed E-state index contributed by atoms with van der Waals surface area (Å²) in [6, 6.07) is 0. The predicted molar refractivity (Wildman–Crippen MR) is 263 cm³/mol. The zero-order chi connectivity index (χ0) is 45.5. The maximum absolute atomic E-state index is 12.8. The lowest BCUT2D eigenvalue weighted by molar-refractivity contribution is -0.870. The third-order valence-electron chi connectivity index (χ3n) is 11.1. The van der Waals surface area contributed by atoms with Crippen LogP contribution in [0.5, 0.6) is 0 Å². The molecule has 0 rings (SSSR count). The molecule has 0 spiro atoms. The Morgan fingerprint density at radius 1 is 0.516 bits per heavy atom.